The molecule has 0 radical (unpaired) electrons. The zero-order valence-corrected chi connectivity index (χ0v) is 11.9. The Morgan fingerprint density at radius 1 is 1.30 bits per heavy atom. The first-order chi connectivity index (χ1) is 9.72. The highest BCUT2D eigenvalue weighted by Crippen LogP contribution is 2.40. The Balaban J connectivity index is 1.50. The van der Waals surface area contributed by atoms with Crippen LogP contribution in [-0.2, 0) is 11.3 Å². The van der Waals surface area contributed by atoms with Crippen LogP contribution in [0.2, 0.25) is 0 Å². The predicted molar refractivity (Wildman–Crippen MR) is 77.1 cm³/mol. The third-order valence-corrected chi connectivity index (χ3v) is 4.48. The summed E-state index contributed by atoms with van der Waals surface area (Å²) in [5, 5.41) is 13.2. The summed E-state index contributed by atoms with van der Waals surface area (Å²) in [5.41, 5.74) is 0.943. The van der Waals surface area contributed by atoms with Crippen molar-refractivity contribution >= 4 is 5.91 Å². The third-order valence-electron chi connectivity index (χ3n) is 4.48. The van der Waals surface area contributed by atoms with Crippen molar-refractivity contribution in [1.29, 1.82) is 0 Å². The van der Waals surface area contributed by atoms with Gasteiger partial charge in [0.15, 0.2) is 0 Å². The van der Waals surface area contributed by atoms with Gasteiger partial charge in [-0.3, -0.25) is 4.79 Å². The standard InChI is InChI=1S/C16H24N2O2/c19-15(17-14-4-2-1-3-5-14)11-18-9-8-13(10-18)16(20)12-6-7-12/h8-10,12,14,16,20H,1-7,11H2,(H,17,19). The fourth-order valence-electron chi connectivity index (χ4n) is 3.10. The number of hydrogen-bond acceptors (Lipinski definition) is 2. The highest BCUT2D eigenvalue weighted by Gasteiger charge is 2.31. The molecule has 2 N–H and O–H groups in total. The van der Waals surface area contributed by atoms with Gasteiger partial charge >= 0.3 is 0 Å². The second-order valence-electron chi connectivity index (χ2n) is 6.30. The van der Waals surface area contributed by atoms with Crippen molar-refractivity contribution in [3.8, 4) is 0 Å². The van der Waals surface area contributed by atoms with E-state index in [9.17, 15) is 9.90 Å². The molecule has 2 aliphatic carbocycles. The molecule has 4 nitrogen and oxygen atoms in total. The number of aromatic nitrogens is 1. The van der Waals surface area contributed by atoms with Gasteiger partial charge in [0.2, 0.25) is 5.91 Å². The van der Waals surface area contributed by atoms with Crippen molar-refractivity contribution in [1.82, 2.24) is 9.88 Å². The Hall–Kier alpha value is -1.29. The van der Waals surface area contributed by atoms with E-state index in [0.717, 1.165) is 31.2 Å². The first-order valence-electron chi connectivity index (χ1n) is 7.85. The first-order valence-corrected chi connectivity index (χ1v) is 7.85. The second-order valence-corrected chi connectivity index (χ2v) is 6.30. The number of aliphatic hydroxyl groups excluding tert-OH is 1. The summed E-state index contributed by atoms with van der Waals surface area (Å²) >= 11 is 0. The van der Waals surface area contributed by atoms with E-state index in [1.54, 1.807) is 0 Å². The van der Waals surface area contributed by atoms with E-state index < -0.39 is 0 Å². The average molecular weight is 276 g/mol. The number of nitrogens with one attached hydrogen (secondary N) is 1. The topological polar surface area (TPSA) is 54.3 Å². The van der Waals surface area contributed by atoms with Crippen molar-refractivity contribution in [2.45, 2.75) is 63.6 Å². The lowest BCUT2D eigenvalue weighted by molar-refractivity contribution is -0.122. The molecule has 1 unspecified atom stereocenters. The summed E-state index contributed by atoms with van der Waals surface area (Å²) in [6, 6.07) is 2.29. The van der Waals surface area contributed by atoms with Crippen LogP contribution >= 0.6 is 0 Å². The Kier molecular flexibility index (Phi) is 4.10. The van der Waals surface area contributed by atoms with E-state index in [-0.39, 0.29) is 12.0 Å². The number of rotatable bonds is 5. The zero-order valence-electron chi connectivity index (χ0n) is 11.9. The Bertz CT molecular complexity index is 459. The number of carbonyl (C=O) groups excluding carboxylic acids is 1. The second kappa shape index (κ2) is 6.00. The SMILES string of the molecule is O=C(Cn1ccc(C(O)C2CC2)c1)NC1CCCCC1. The fourth-order valence-corrected chi connectivity index (χ4v) is 3.10. The zero-order chi connectivity index (χ0) is 13.9. The summed E-state index contributed by atoms with van der Waals surface area (Å²) in [5.74, 6) is 0.516. The maximum absolute atomic E-state index is 12.0. The van der Waals surface area contributed by atoms with Crippen LogP contribution in [-0.4, -0.2) is 21.6 Å². The lowest BCUT2D eigenvalue weighted by Gasteiger charge is -2.22. The van der Waals surface area contributed by atoms with Crippen LogP contribution in [0.1, 0.15) is 56.6 Å². The van der Waals surface area contributed by atoms with Gasteiger partial charge in [0.25, 0.3) is 0 Å². The summed E-state index contributed by atoms with van der Waals surface area (Å²) in [4.78, 5) is 12.0. The van der Waals surface area contributed by atoms with E-state index in [2.05, 4.69) is 5.32 Å². The molecule has 0 bridgehead atoms. The van der Waals surface area contributed by atoms with Crippen LogP contribution < -0.4 is 5.32 Å². The van der Waals surface area contributed by atoms with Gasteiger partial charge in [-0.25, -0.2) is 0 Å². The molecule has 3 rings (SSSR count). The predicted octanol–water partition coefficient (Wildman–Crippen LogP) is 2.38. The molecule has 1 amide bonds. The van der Waals surface area contributed by atoms with Crippen LogP contribution in [0.3, 0.4) is 0 Å². The lowest BCUT2D eigenvalue weighted by Crippen LogP contribution is -2.38. The van der Waals surface area contributed by atoms with Gasteiger partial charge in [0.1, 0.15) is 6.54 Å². The van der Waals surface area contributed by atoms with Gasteiger partial charge in [-0.05, 0) is 43.2 Å². The molecule has 2 aliphatic rings. The number of hydrogen-bond donors (Lipinski definition) is 2. The van der Waals surface area contributed by atoms with Crippen LogP contribution in [0.4, 0.5) is 0 Å². The Morgan fingerprint density at radius 2 is 2.05 bits per heavy atom. The van der Waals surface area contributed by atoms with Crippen molar-refractivity contribution in [2.24, 2.45) is 5.92 Å². The third kappa shape index (κ3) is 3.42. The maximum atomic E-state index is 12.0. The molecule has 20 heavy (non-hydrogen) atoms. The monoisotopic (exact) mass is 276 g/mol. The van der Waals surface area contributed by atoms with Gasteiger partial charge in [-0.1, -0.05) is 19.3 Å². The molecule has 1 aromatic rings. The first kappa shape index (κ1) is 13.7. The smallest absolute Gasteiger partial charge is 0.240 e. The van der Waals surface area contributed by atoms with Crippen molar-refractivity contribution in [2.75, 3.05) is 0 Å². The van der Waals surface area contributed by atoms with Crippen LogP contribution in [0.25, 0.3) is 0 Å². The molecular weight excluding hydrogens is 252 g/mol. The molecule has 2 fully saturated rings. The minimum absolute atomic E-state index is 0.0833. The molecule has 1 heterocycles. The van der Waals surface area contributed by atoms with E-state index in [1.165, 1.54) is 19.3 Å². The normalized spacial score (nSPS) is 21.6. The minimum Gasteiger partial charge on any atom is -0.388 e. The van der Waals surface area contributed by atoms with Gasteiger partial charge in [0.05, 0.1) is 6.10 Å². The van der Waals surface area contributed by atoms with E-state index >= 15 is 0 Å². The molecule has 1 atom stereocenters. The van der Waals surface area contributed by atoms with Gasteiger partial charge < -0.3 is 15.0 Å². The molecule has 0 aliphatic heterocycles. The van der Waals surface area contributed by atoms with Crippen LogP contribution in [0.15, 0.2) is 18.5 Å². The maximum Gasteiger partial charge on any atom is 0.240 e. The van der Waals surface area contributed by atoms with Crippen LogP contribution in [0.5, 0.6) is 0 Å². The highest BCUT2D eigenvalue weighted by atomic mass is 16.3. The minimum atomic E-state index is -0.349. The molecule has 2 saturated carbocycles. The van der Waals surface area contributed by atoms with Crippen molar-refractivity contribution in [3.63, 3.8) is 0 Å². The number of amides is 1. The molecule has 0 aromatic carbocycles. The molecule has 110 valence electrons. The average Bonchev–Trinajstić information content (AvgIpc) is 3.19. The highest BCUT2D eigenvalue weighted by molar-refractivity contribution is 5.76. The van der Waals surface area contributed by atoms with Gasteiger partial charge in [0, 0.05) is 18.4 Å². The number of aliphatic hydroxyl groups is 1. The van der Waals surface area contributed by atoms with Gasteiger partial charge in [-0.2, -0.15) is 0 Å². The Labute approximate surface area is 120 Å². The molecular formula is C16H24N2O2. The molecule has 0 saturated heterocycles. The van der Waals surface area contributed by atoms with Crippen molar-refractivity contribution < 1.29 is 9.90 Å². The number of nitrogens with zero attached hydrogens (tertiary/aromatic N) is 1. The fraction of sp³-hybridized carbons (Fsp3) is 0.688. The van der Waals surface area contributed by atoms with E-state index in [4.69, 9.17) is 0 Å². The molecule has 0 spiro atoms. The number of carbonyl (C=O) groups is 1. The quantitative estimate of drug-likeness (QED) is 0.867. The van der Waals surface area contributed by atoms with E-state index in [0.29, 0.717) is 18.5 Å². The Morgan fingerprint density at radius 3 is 2.75 bits per heavy atom. The summed E-state index contributed by atoms with van der Waals surface area (Å²) in [7, 11) is 0. The summed E-state index contributed by atoms with van der Waals surface area (Å²) < 4.78 is 1.87. The summed E-state index contributed by atoms with van der Waals surface area (Å²) in [6.07, 6.45) is 11.7. The largest absolute Gasteiger partial charge is 0.388 e. The van der Waals surface area contributed by atoms with Gasteiger partial charge in [-0.15, -0.1) is 0 Å². The van der Waals surface area contributed by atoms with E-state index in [1.807, 2.05) is 23.0 Å². The van der Waals surface area contributed by atoms with Crippen molar-refractivity contribution in [3.05, 3.63) is 24.0 Å². The molecule has 4 heteroatoms. The van der Waals surface area contributed by atoms with Crippen LogP contribution in [0, 0.1) is 5.92 Å². The lowest BCUT2D eigenvalue weighted by atomic mass is 9.95. The molecule has 1 aromatic heterocycles. The summed E-state index contributed by atoms with van der Waals surface area (Å²) in [6.45, 7) is 0.355.